The second-order valence-electron chi connectivity index (χ2n) is 7.19. The normalized spacial score (nSPS) is 16.2. The maximum atomic E-state index is 11.6. The van der Waals surface area contributed by atoms with E-state index in [9.17, 15) is 9.90 Å². The van der Waals surface area contributed by atoms with Crippen molar-refractivity contribution in [3.8, 4) is 0 Å². The minimum atomic E-state index is -0.143. The van der Waals surface area contributed by atoms with Crippen LogP contribution in [0.2, 0.25) is 0 Å². The van der Waals surface area contributed by atoms with Crippen LogP contribution in [0, 0.1) is 0 Å². The quantitative estimate of drug-likeness (QED) is 0.735. The highest BCUT2D eigenvalue weighted by molar-refractivity contribution is 5.93. The molecule has 1 fully saturated rings. The lowest BCUT2D eigenvalue weighted by Gasteiger charge is -2.31. The Labute approximate surface area is 161 Å². The van der Waals surface area contributed by atoms with Crippen LogP contribution in [0.4, 0.5) is 5.69 Å². The zero-order valence-electron chi connectivity index (χ0n) is 16.1. The molecule has 0 spiro atoms. The third-order valence-electron chi connectivity index (χ3n) is 5.28. The number of benzene rings is 2. The number of anilines is 1. The molecule has 1 atom stereocenters. The summed E-state index contributed by atoms with van der Waals surface area (Å²) in [7, 11) is 1.64. The number of piperidine rings is 1. The summed E-state index contributed by atoms with van der Waals surface area (Å²) in [5, 5.41) is 15.8. The van der Waals surface area contributed by atoms with E-state index in [2.05, 4.69) is 46.7 Å². The first-order valence-corrected chi connectivity index (χ1v) is 9.64. The highest BCUT2D eigenvalue weighted by Gasteiger charge is 2.17. The lowest BCUT2D eigenvalue weighted by atomic mass is 10.0. The van der Waals surface area contributed by atoms with E-state index in [4.69, 9.17) is 0 Å². The average molecular weight is 367 g/mol. The van der Waals surface area contributed by atoms with Crippen molar-refractivity contribution in [2.75, 3.05) is 25.0 Å². The van der Waals surface area contributed by atoms with Gasteiger partial charge in [-0.2, -0.15) is 0 Å². The van der Waals surface area contributed by atoms with Crippen LogP contribution in [0.25, 0.3) is 0 Å². The van der Waals surface area contributed by atoms with Crippen LogP contribution in [-0.4, -0.2) is 37.3 Å². The van der Waals surface area contributed by atoms with Crippen molar-refractivity contribution in [3.63, 3.8) is 0 Å². The third-order valence-corrected chi connectivity index (χ3v) is 5.28. The summed E-state index contributed by atoms with van der Waals surface area (Å²) in [5.74, 6) is -0.0637. The van der Waals surface area contributed by atoms with Gasteiger partial charge in [0.15, 0.2) is 0 Å². The largest absolute Gasteiger partial charge is 0.393 e. The van der Waals surface area contributed by atoms with Gasteiger partial charge in [-0.05, 0) is 55.2 Å². The van der Waals surface area contributed by atoms with E-state index in [1.54, 1.807) is 7.05 Å². The molecule has 1 saturated heterocycles. The van der Waals surface area contributed by atoms with Crippen LogP contribution in [-0.2, 0) is 6.54 Å². The minimum absolute atomic E-state index is 0.0637. The molecular formula is C22H29N3O2. The predicted octanol–water partition coefficient (Wildman–Crippen LogP) is 2.86. The molecule has 0 aliphatic carbocycles. The molecule has 3 N–H and O–H groups in total. The molecule has 0 unspecified atom stereocenters. The van der Waals surface area contributed by atoms with Crippen molar-refractivity contribution in [3.05, 3.63) is 65.2 Å². The van der Waals surface area contributed by atoms with E-state index >= 15 is 0 Å². The average Bonchev–Trinajstić information content (AvgIpc) is 2.72. The molecule has 144 valence electrons. The van der Waals surface area contributed by atoms with Crippen molar-refractivity contribution in [1.29, 1.82) is 0 Å². The zero-order chi connectivity index (χ0) is 19.2. The SMILES string of the molecule is CNC(=O)c1ccc(CN[C@H](C)c2ccc(N3CCC(O)CC3)cc2)cc1. The van der Waals surface area contributed by atoms with Crippen molar-refractivity contribution in [2.45, 2.75) is 38.5 Å². The summed E-state index contributed by atoms with van der Waals surface area (Å²) < 4.78 is 0. The number of carbonyl (C=O) groups is 1. The van der Waals surface area contributed by atoms with Crippen molar-refractivity contribution in [1.82, 2.24) is 10.6 Å². The van der Waals surface area contributed by atoms with Crippen molar-refractivity contribution >= 4 is 11.6 Å². The molecule has 2 aromatic carbocycles. The van der Waals surface area contributed by atoms with Gasteiger partial charge in [0.1, 0.15) is 0 Å². The third kappa shape index (κ3) is 5.08. The Morgan fingerprint density at radius 3 is 2.33 bits per heavy atom. The van der Waals surface area contributed by atoms with Crippen LogP contribution >= 0.6 is 0 Å². The minimum Gasteiger partial charge on any atom is -0.393 e. The van der Waals surface area contributed by atoms with Gasteiger partial charge < -0.3 is 20.6 Å². The van der Waals surface area contributed by atoms with E-state index in [-0.39, 0.29) is 18.1 Å². The fourth-order valence-electron chi connectivity index (χ4n) is 3.40. The number of amides is 1. The smallest absolute Gasteiger partial charge is 0.251 e. The highest BCUT2D eigenvalue weighted by Crippen LogP contribution is 2.23. The van der Waals surface area contributed by atoms with Crippen LogP contribution < -0.4 is 15.5 Å². The summed E-state index contributed by atoms with van der Waals surface area (Å²) in [6.45, 7) is 4.74. The highest BCUT2D eigenvalue weighted by atomic mass is 16.3. The van der Waals surface area contributed by atoms with Gasteiger partial charge in [0.25, 0.3) is 5.91 Å². The number of hydrogen-bond acceptors (Lipinski definition) is 4. The lowest BCUT2D eigenvalue weighted by Crippen LogP contribution is -2.35. The Balaban J connectivity index is 1.53. The number of carbonyl (C=O) groups excluding carboxylic acids is 1. The standard InChI is InChI=1S/C22H29N3O2/c1-16(24-15-17-3-5-19(6-4-17)22(27)23-2)18-7-9-20(10-8-18)25-13-11-21(26)12-14-25/h3-10,16,21,24,26H,11-15H2,1-2H3,(H,23,27)/t16-/m1/s1. The predicted molar refractivity (Wildman–Crippen MR) is 109 cm³/mol. The first kappa shape index (κ1) is 19.4. The molecule has 3 rings (SSSR count). The summed E-state index contributed by atoms with van der Waals surface area (Å²) in [4.78, 5) is 13.9. The second-order valence-corrected chi connectivity index (χ2v) is 7.19. The Bertz CT molecular complexity index is 735. The number of nitrogens with zero attached hydrogens (tertiary/aromatic N) is 1. The van der Waals surface area contributed by atoms with Crippen LogP contribution in [0.15, 0.2) is 48.5 Å². The monoisotopic (exact) mass is 367 g/mol. The molecule has 1 amide bonds. The Hall–Kier alpha value is -2.37. The van der Waals surface area contributed by atoms with Crippen LogP contribution in [0.1, 0.15) is 47.3 Å². The van der Waals surface area contributed by atoms with Gasteiger partial charge in [-0.25, -0.2) is 0 Å². The van der Waals surface area contributed by atoms with Gasteiger partial charge in [-0.3, -0.25) is 4.79 Å². The van der Waals surface area contributed by atoms with Gasteiger partial charge >= 0.3 is 0 Å². The van der Waals surface area contributed by atoms with Crippen molar-refractivity contribution < 1.29 is 9.90 Å². The summed E-state index contributed by atoms with van der Waals surface area (Å²) >= 11 is 0. The summed E-state index contributed by atoms with van der Waals surface area (Å²) in [6, 6.07) is 16.6. The van der Waals surface area contributed by atoms with Crippen LogP contribution in [0.5, 0.6) is 0 Å². The molecule has 0 saturated carbocycles. The Morgan fingerprint density at radius 2 is 1.74 bits per heavy atom. The number of aliphatic hydroxyl groups is 1. The molecule has 5 nitrogen and oxygen atoms in total. The van der Waals surface area contributed by atoms with E-state index in [0.29, 0.717) is 5.56 Å². The van der Waals surface area contributed by atoms with Gasteiger partial charge in [-0.15, -0.1) is 0 Å². The van der Waals surface area contributed by atoms with Gasteiger partial charge in [0.05, 0.1) is 6.10 Å². The second kappa shape index (κ2) is 9.02. The first-order chi connectivity index (χ1) is 13.1. The van der Waals surface area contributed by atoms with Gasteiger partial charge in [-0.1, -0.05) is 24.3 Å². The van der Waals surface area contributed by atoms with E-state index in [0.717, 1.165) is 38.0 Å². The number of aliphatic hydroxyl groups excluding tert-OH is 1. The molecule has 2 aromatic rings. The van der Waals surface area contributed by atoms with Gasteiger partial charge in [0.2, 0.25) is 0 Å². The number of hydrogen-bond donors (Lipinski definition) is 3. The zero-order valence-corrected chi connectivity index (χ0v) is 16.1. The Kier molecular flexibility index (Phi) is 6.48. The molecule has 0 aromatic heterocycles. The molecule has 1 aliphatic heterocycles. The van der Waals surface area contributed by atoms with Gasteiger partial charge in [0, 0.05) is 44.0 Å². The molecule has 1 heterocycles. The fourth-order valence-corrected chi connectivity index (χ4v) is 3.40. The Morgan fingerprint density at radius 1 is 1.11 bits per heavy atom. The molecular weight excluding hydrogens is 338 g/mol. The van der Waals surface area contributed by atoms with E-state index in [1.165, 1.54) is 11.3 Å². The van der Waals surface area contributed by atoms with E-state index < -0.39 is 0 Å². The molecule has 5 heteroatoms. The number of rotatable bonds is 6. The lowest BCUT2D eigenvalue weighted by molar-refractivity contribution is 0.0963. The van der Waals surface area contributed by atoms with E-state index in [1.807, 2.05) is 24.3 Å². The summed E-state index contributed by atoms with van der Waals surface area (Å²) in [6.07, 6.45) is 1.55. The topological polar surface area (TPSA) is 64.6 Å². The molecule has 27 heavy (non-hydrogen) atoms. The van der Waals surface area contributed by atoms with Crippen molar-refractivity contribution in [2.24, 2.45) is 0 Å². The summed E-state index contributed by atoms with van der Waals surface area (Å²) in [5.41, 5.74) is 4.30. The maximum Gasteiger partial charge on any atom is 0.251 e. The molecule has 1 aliphatic rings. The van der Waals surface area contributed by atoms with Crippen LogP contribution in [0.3, 0.4) is 0 Å². The number of nitrogens with one attached hydrogen (secondary N) is 2. The molecule has 0 radical (unpaired) electrons. The fraction of sp³-hybridized carbons (Fsp3) is 0.409. The maximum absolute atomic E-state index is 11.6. The first-order valence-electron chi connectivity index (χ1n) is 9.64. The molecule has 0 bridgehead atoms.